The molecule has 0 bridgehead atoms. The molecular formula is C14H17NO2. The van der Waals surface area contributed by atoms with Gasteiger partial charge in [-0.25, -0.2) is 0 Å². The first-order valence-electron chi connectivity index (χ1n) is 5.35. The fourth-order valence-corrected chi connectivity index (χ4v) is 1.57. The quantitative estimate of drug-likeness (QED) is 0.481. The predicted octanol–water partition coefficient (Wildman–Crippen LogP) is 3.07. The predicted molar refractivity (Wildman–Crippen MR) is 70.3 cm³/mol. The molecule has 0 fully saturated rings. The Morgan fingerprint density at radius 3 is 2.71 bits per heavy atom. The van der Waals surface area contributed by atoms with Gasteiger partial charge in [-0.15, -0.1) is 0 Å². The van der Waals surface area contributed by atoms with Crippen molar-refractivity contribution >= 4 is 12.0 Å². The first kappa shape index (κ1) is 13.0. The number of allylic oxidation sites excluding steroid dienone is 2. The number of hydrogen-bond acceptors (Lipinski definition) is 3. The summed E-state index contributed by atoms with van der Waals surface area (Å²) in [5, 5.41) is 3.15. The highest BCUT2D eigenvalue weighted by Crippen LogP contribution is 2.29. The van der Waals surface area contributed by atoms with Crippen molar-refractivity contribution in [3.05, 3.63) is 47.7 Å². The van der Waals surface area contributed by atoms with E-state index >= 15 is 0 Å². The third-order valence-electron chi connectivity index (χ3n) is 2.46. The number of hydrogen-bond donors (Lipinski definition) is 1. The Labute approximate surface area is 102 Å². The van der Waals surface area contributed by atoms with Gasteiger partial charge in [-0.1, -0.05) is 24.8 Å². The van der Waals surface area contributed by atoms with Gasteiger partial charge < -0.3 is 10.1 Å². The number of aryl methyl sites for hydroxylation is 1. The Kier molecular flexibility index (Phi) is 4.52. The molecule has 0 saturated carbocycles. The smallest absolute Gasteiger partial charge is 0.151 e. The molecule has 3 heteroatoms. The van der Waals surface area contributed by atoms with E-state index in [2.05, 4.69) is 11.9 Å². The van der Waals surface area contributed by atoms with Gasteiger partial charge >= 0.3 is 0 Å². The van der Waals surface area contributed by atoms with Gasteiger partial charge in [0, 0.05) is 11.3 Å². The molecule has 1 aromatic rings. The van der Waals surface area contributed by atoms with Gasteiger partial charge in [-0.2, -0.15) is 0 Å². The summed E-state index contributed by atoms with van der Waals surface area (Å²) < 4.78 is 5.33. The Morgan fingerprint density at radius 2 is 2.18 bits per heavy atom. The maximum absolute atomic E-state index is 10.7. The van der Waals surface area contributed by atoms with Gasteiger partial charge in [0.2, 0.25) is 0 Å². The van der Waals surface area contributed by atoms with Crippen LogP contribution in [0, 0.1) is 6.92 Å². The molecule has 3 nitrogen and oxygen atoms in total. The lowest BCUT2D eigenvalue weighted by Gasteiger charge is -2.15. The monoisotopic (exact) mass is 231 g/mol. The SMILES string of the molecule is C=C(C=O)/C(=C/C)Nc1cccc(C)c1OC. The van der Waals surface area contributed by atoms with Crippen molar-refractivity contribution in [1.82, 2.24) is 0 Å². The fraction of sp³-hybridized carbons (Fsp3) is 0.214. The lowest BCUT2D eigenvalue weighted by molar-refractivity contribution is -0.104. The van der Waals surface area contributed by atoms with Crippen LogP contribution < -0.4 is 10.1 Å². The first-order valence-corrected chi connectivity index (χ1v) is 5.35. The van der Waals surface area contributed by atoms with E-state index in [-0.39, 0.29) is 0 Å². The van der Waals surface area contributed by atoms with Crippen molar-refractivity contribution in [2.75, 3.05) is 12.4 Å². The number of carbonyl (C=O) groups excluding carboxylic acids is 1. The van der Waals surface area contributed by atoms with Gasteiger partial charge in [0.05, 0.1) is 12.8 Å². The van der Waals surface area contributed by atoms with E-state index in [1.807, 2.05) is 32.0 Å². The van der Waals surface area contributed by atoms with Gasteiger partial charge in [-0.05, 0) is 25.5 Å². The molecule has 0 aliphatic heterocycles. The number of benzene rings is 1. The summed E-state index contributed by atoms with van der Waals surface area (Å²) in [6.45, 7) is 7.49. The summed E-state index contributed by atoms with van der Waals surface area (Å²) in [6.07, 6.45) is 2.53. The second kappa shape index (κ2) is 5.89. The van der Waals surface area contributed by atoms with Gasteiger partial charge in [-0.3, -0.25) is 4.79 Å². The minimum Gasteiger partial charge on any atom is -0.494 e. The highest BCUT2D eigenvalue weighted by atomic mass is 16.5. The minimum absolute atomic E-state index is 0.413. The molecule has 0 heterocycles. The lowest BCUT2D eigenvalue weighted by atomic mass is 10.1. The number of aldehydes is 1. The maximum Gasteiger partial charge on any atom is 0.151 e. The molecule has 1 N–H and O–H groups in total. The van der Waals surface area contributed by atoms with Gasteiger partial charge in [0.1, 0.15) is 5.75 Å². The van der Waals surface area contributed by atoms with E-state index in [1.165, 1.54) is 0 Å². The molecule has 0 spiro atoms. The van der Waals surface area contributed by atoms with Crippen molar-refractivity contribution in [3.8, 4) is 5.75 Å². The van der Waals surface area contributed by atoms with E-state index in [0.717, 1.165) is 23.3 Å². The third kappa shape index (κ3) is 2.97. The van der Waals surface area contributed by atoms with E-state index < -0.39 is 0 Å². The van der Waals surface area contributed by atoms with Crippen LogP contribution in [0.4, 0.5) is 5.69 Å². The molecule has 1 rings (SSSR count). The highest BCUT2D eigenvalue weighted by molar-refractivity contribution is 5.81. The first-order chi connectivity index (χ1) is 8.13. The van der Waals surface area contributed by atoms with Crippen LogP contribution in [0.25, 0.3) is 0 Å². The number of nitrogens with one attached hydrogen (secondary N) is 1. The van der Waals surface area contributed by atoms with E-state index in [0.29, 0.717) is 11.3 Å². The Morgan fingerprint density at radius 1 is 1.47 bits per heavy atom. The molecule has 90 valence electrons. The fourth-order valence-electron chi connectivity index (χ4n) is 1.57. The van der Waals surface area contributed by atoms with Crippen LogP contribution in [0.3, 0.4) is 0 Å². The Hall–Kier alpha value is -2.03. The number of para-hydroxylation sites is 1. The molecular weight excluding hydrogens is 214 g/mol. The largest absolute Gasteiger partial charge is 0.494 e. The standard InChI is InChI=1S/C14H17NO2/c1-5-12(11(3)9-16)15-13-8-6-7-10(2)14(13)17-4/h5-9,15H,3H2,1-2,4H3/b12-5-. The molecule has 0 aliphatic carbocycles. The zero-order valence-corrected chi connectivity index (χ0v) is 10.4. The number of methoxy groups -OCH3 is 1. The normalized spacial score (nSPS) is 10.9. The number of anilines is 1. The summed E-state index contributed by atoms with van der Waals surface area (Å²) in [7, 11) is 1.62. The van der Waals surface area contributed by atoms with E-state index in [9.17, 15) is 4.79 Å². The second-order valence-electron chi connectivity index (χ2n) is 3.63. The molecule has 0 saturated heterocycles. The number of rotatable bonds is 5. The van der Waals surface area contributed by atoms with Crippen LogP contribution in [0.5, 0.6) is 5.75 Å². The van der Waals surface area contributed by atoms with E-state index in [1.54, 1.807) is 13.2 Å². The zero-order chi connectivity index (χ0) is 12.8. The average molecular weight is 231 g/mol. The molecule has 0 atom stereocenters. The zero-order valence-electron chi connectivity index (χ0n) is 10.4. The van der Waals surface area contributed by atoms with Crippen molar-refractivity contribution in [2.24, 2.45) is 0 Å². The highest BCUT2D eigenvalue weighted by Gasteiger charge is 2.08. The van der Waals surface area contributed by atoms with Crippen molar-refractivity contribution in [1.29, 1.82) is 0 Å². The maximum atomic E-state index is 10.7. The number of carbonyl (C=O) groups is 1. The van der Waals surface area contributed by atoms with Crippen LogP contribution in [0.2, 0.25) is 0 Å². The summed E-state index contributed by atoms with van der Waals surface area (Å²) in [5.41, 5.74) is 2.95. The van der Waals surface area contributed by atoms with Crippen molar-refractivity contribution in [3.63, 3.8) is 0 Å². The number of ether oxygens (including phenoxy) is 1. The summed E-state index contributed by atoms with van der Waals surface area (Å²) in [4.78, 5) is 10.7. The third-order valence-corrected chi connectivity index (χ3v) is 2.46. The van der Waals surface area contributed by atoms with Crippen LogP contribution in [-0.2, 0) is 4.79 Å². The summed E-state index contributed by atoms with van der Waals surface area (Å²) in [5.74, 6) is 0.769. The van der Waals surface area contributed by atoms with Gasteiger partial charge in [0.25, 0.3) is 0 Å². The minimum atomic E-state index is 0.413. The summed E-state index contributed by atoms with van der Waals surface area (Å²) in [6, 6.07) is 5.79. The molecule has 0 amide bonds. The van der Waals surface area contributed by atoms with E-state index in [4.69, 9.17) is 4.74 Å². The Bertz CT molecular complexity index is 461. The molecule has 0 aromatic heterocycles. The summed E-state index contributed by atoms with van der Waals surface area (Å²) >= 11 is 0. The topological polar surface area (TPSA) is 38.3 Å². The molecule has 0 aliphatic rings. The lowest BCUT2D eigenvalue weighted by Crippen LogP contribution is -2.04. The van der Waals surface area contributed by atoms with Crippen LogP contribution in [0.1, 0.15) is 12.5 Å². The molecule has 17 heavy (non-hydrogen) atoms. The van der Waals surface area contributed by atoms with Crippen molar-refractivity contribution < 1.29 is 9.53 Å². The second-order valence-corrected chi connectivity index (χ2v) is 3.63. The van der Waals surface area contributed by atoms with Gasteiger partial charge in [0.15, 0.2) is 6.29 Å². The van der Waals surface area contributed by atoms with Crippen LogP contribution in [-0.4, -0.2) is 13.4 Å². The molecule has 0 unspecified atom stereocenters. The van der Waals surface area contributed by atoms with Crippen LogP contribution >= 0.6 is 0 Å². The van der Waals surface area contributed by atoms with Crippen LogP contribution in [0.15, 0.2) is 42.1 Å². The van der Waals surface area contributed by atoms with Crippen molar-refractivity contribution in [2.45, 2.75) is 13.8 Å². The Balaban J connectivity index is 3.06. The average Bonchev–Trinajstić information content (AvgIpc) is 2.35. The molecule has 1 aromatic carbocycles. The molecule has 0 radical (unpaired) electrons.